The van der Waals surface area contributed by atoms with Gasteiger partial charge < -0.3 is 4.90 Å². The molecule has 1 heterocycles. The molecule has 3 heteroatoms. The summed E-state index contributed by atoms with van der Waals surface area (Å²) in [5, 5.41) is 0. The van der Waals surface area contributed by atoms with Crippen molar-refractivity contribution >= 4 is 29.1 Å². The summed E-state index contributed by atoms with van der Waals surface area (Å²) in [5.74, 6) is 3.09. The van der Waals surface area contributed by atoms with Gasteiger partial charge in [0, 0.05) is 36.2 Å². The van der Waals surface area contributed by atoms with Crippen LogP contribution in [0.4, 0.5) is 5.69 Å². The smallest absolute Gasteiger partial charge is 0.0474 e. The van der Waals surface area contributed by atoms with E-state index in [-0.39, 0.29) is 0 Å². The lowest BCUT2D eigenvalue weighted by atomic mass is 10.2. The summed E-state index contributed by atoms with van der Waals surface area (Å²) in [6.07, 6.45) is 0. The predicted molar refractivity (Wildman–Crippen MR) is 65.5 cm³/mol. The zero-order valence-corrected chi connectivity index (χ0v) is 9.65. The lowest BCUT2D eigenvalue weighted by Crippen LogP contribution is -2.32. The molecule has 0 saturated carbocycles. The van der Waals surface area contributed by atoms with Crippen LogP contribution in [0.5, 0.6) is 0 Å². The number of hydrogen-bond donors (Lipinski definition) is 0. The second kappa shape index (κ2) is 4.94. The Hall–Kier alpha value is -0.340. The summed E-state index contributed by atoms with van der Waals surface area (Å²) in [7, 11) is 0. The maximum atomic E-state index is 5.82. The Labute approximate surface area is 94.4 Å². The zero-order chi connectivity index (χ0) is 9.80. The van der Waals surface area contributed by atoms with E-state index in [0.717, 1.165) is 13.1 Å². The molecular formula is C11H14ClNS. The summed E-state index contributed by atoms with van der Waals surface area (Å²) in [4.78, 5) is 2.44. The Morgan fingerprint density at radius 2 is 2.07 bits per heavy atom. The Kier molecular flexibility index (Phi) is 3.60. The van der Waals surface area contributed by atoms with Gasteiger partial charge in [0.2, 0.25) is 0 Å². The molecule has 1 saturated heterocycles. The Morgan fingerprint density at radius 1 is 1.29 bits per heavy atom. The van der Waals surface area contributed by atoms with Crippen LogP contribution in [-0.2, 0) is 5.88 Å². The standard InChI is InChI=1S/C11H14ClNS/c12-9-10-2-1-3-11(8-10)13-4-6-14-7-5-13/h1-3,8H,4-7,9H2. The van der Waals surface area contributed by atoms with Crippen LogP contribution in [0.1, 0.15) is 5.56 Å². The number of halogens is 1. The summed E-state index contributed by atoms with van der Waals surface area (Å²) in [6, 6.07) is 8.54. The first-order valence-electron chi connectivity index (χ1n) is 4.88. The number of thioether (sulfide) groups is 1. The summed E-state index contributed by atoms with van der Waals surface area (Å²) in [5.41, 5.74) is 2.53. The SMILES string of the molecule is ClCc1cccc(N2CCSCC2)c1. The number of rotatable bonds is 2. The molecule has 1 aromatic carbocycles. The highest BCUT2D eigenvalue weighted by Crippen LogP contribution is 2.20. The van der Waals surface area contributed by atoms with E-state index in [4.69, 9.17) is 11.6 Å². The number of nitrogens with zero attached hydrogens (tertiary/aromatic N) is 1. The van der Waals surface area contributed by atoms with Crippen molar-refractivity contribution in [3.05, 3.63) is 29.8 Å². The molecule has 0 bridgehead atoms. The van der Waals surface area contributed by atoms with E-state index in [1.54, 1.807) is 0 Å². The minimum absolute atomic E-state index is 0.608. The maximum absolute atomic E-state index is 5.82. The second-order valence-corrected chi connectivity index (χ2v) is 4.89. The molecular weight excluding hydrogens is 214 g/mol. The minimum Gasteiger partial charge on any atom is -0.370 e. The molecule has 0 amide bonds. The van der Waals surface area contributed by atoms with Crippen LogP contribution in [0.25, 0.3) is 0 Å². The van der Waals surface area contributed by atoms with E-state index >= 15 is 0 Å². The van der Waals surface area contributed by atoms with E-state index in [2.05, 4.69) is 29.2 Å². The van der Waals surface area contributed by atoms with Crippen molar-refractivity contribution in [1.82, 2.24) is 0 Å². The summed E-state index contributed by atoms with van der Waals surface area (Å²) in [6.45, 7) is 2.33. The second-order valence-electron chi connectivity index (χ2n) is 3.40. The maximum Gasteiger partial charge on any atom is 0.0474 e. The van der Waals surface area contributed by atoms with Gasteiger partial charge in [-0.25, -0.2) is 0 Å². The fourth-order valence-corrected chi connectivity index (χ4v) is 2.73. The van der Waals surface area contributed by atoms with Crippen LogP contribution in [0, 0.1) is 0 Å². The van der Waals surface area contributed by atoms with E-state index in [1.165, 1.54) is 22.8 Å². The van der Waals surface area contributed by atoms with Gasteiger partial charge >= 0.3 is 0 Å². The molecule has 2 rings (SSSR count). The van der Waals surface area contributed by atoms with Gasteiger partial charge in [-0.15, -0.1) is 11.6 Å². The highest BCUT2D eigenvalue weighted by Gasteiger charge is 2.10. The van der Waals surface area contributed by atoms with Gasteiger partial charge in [-0.2, -0.15) is 11.8 Å². The van der Waals surface area contributed by atoms with Gasteiger partial charge in [0.05, 0.1) is 0 Å². The lowest BCUT2D eigenvalue weighted by molar-refractivity contribution is 0.858. The summed E-state index contributed by atoms with van der Waals surface area (Å²) >= 11 is 7.85. The van der Waals surface area contributed by atoms with E-state index in [9.17, 15) is 0 Å². The average molecular weight is 228 g/mol. The molecule has 14 heavy (non-hydrogen) atoms. The molecule has 0 atom stereocenters. The number of alkyl halides is 1. The molecule has 0 unspecified atom stereocenters. The van der Waals surface area contributed by atoms with Crippen molar-refractivity contribution in [3.8, 4) is 0 Å². The molecule has 0 aromatic heterocycles. The van der Waals surface area contributed by atoms with Gasteiger partial charge in [0.25, 0.3) is 0 Å². The van der Waals surface area contributed by atoms with Gasteiger partial charge in [0.1, 0.15) is 0 Å². The number of benzene rings is 1. The topological polar surface area (TPSA) is 3.24 Å². The van der Waals surface area contributed by atoms with E-state index in [0.29, 0.717) is 5.88 Å². The third kappa shape index (κ3) is 2.37. The molecule has 1 aromatic rings. The van der Waals surface area contributed by atoms with Gasteiger partial charge in [-0.3, -0.25) is 0 Å². The molecule has 76 valence electrons. The van der Waals surface area contributed by atoms with Crippen LogP contribution in [0.15, 0.2) is 24.3 Å². The third-order valence-electron chi connectivity index (χ3n) is 2.44. The zero-order valence-electron chi connectivity index (χ0n) is 8.08. The van der Waals surface area contributed by atoms with Gasteiger partial charge in [-0.1, -0.05) is 12.1 Å². The van der Waals surface area contributed by atoms with Crippen molar-refractivity contribution < 1.29 is 0 Å². The van der Waals surface area contributed by atoms with Gasteiger partial charge in [-0.05, 0) is 17.7 Å². The van der Waals surface area contributed by atoms with Crippen molar-refractivity contribution in [2.24, 2.45) is 0 Å². The minimum atomic E-state index is 0.608. The lowest BCUT2D eigenvalue weighted by Gasteiger charge is -2.28. The molecule has 0 aliphatic carbocycles. The summed E-state index contributed by atoms with van der Waals surface area (Å²) < 4.78 is 0. The molecule has 0 radical (unpaired) electrons. The Balaban J connectivity index is 2.13. The van der Waals surface area contributed by atoms with Crippen molar-refractivity contribution in [1.29, 1.82) is 0 Å². The highest BCUT2D eigenvalue weighted by atomic mass is 35.5. The number of hydrogen-bond acceptors (Lipinski definition) is 2. The first kappa shape index (κ1) is 10.2. The molecule has 0 N–H and O–H groups in total. The monoisotopic (exact) mass is 227 g/mol. The van der Waals surface area contributed by atoms with Gasteiger partial charge in [0.15, 0.2) is 0 Å². The molecule has 1 aliphatic rings. The quantitative estimate of drug-likeness (QED) is 0.715. The van der Waals surface area contributed by atoms with E-state index < -0.39 is 0 Å². The predicted octanol–water partition coefficient (Wildman–Crippen LogP) is 2.98. The number of anilines is 1. The van der Waals surface area contributed by atoms with Crippen LogP contribution >= 0.6 is 23.4 Å². The van der Waals surface area contributed by atoms with Crippen molar-refractivity contribution in [2.45, 2.75) is 5.88 Å². The van der Waals surface area contributed by atoms with Crippen LogP contribution in [0.3, 0.4) is 0 Å². The Morgan fingerprint density at radius 3 is 2.79 bits per heavy atom. The van der Waals surface area contributed by atoms with Crippen LogP contribution in [0.2, 0.25) is 0 Å². The molecule has 1 fully saturated rings. The normalized spacial score (nSPS) is 17.1. The average Bonchev–Trinajstić information content (AvgIpc) is 2.30. The van der Waals surface area contributed by atoms with Crippen molar-refractivity contribution in [3.63, 3.8) is 0 Å². The molecule has 0 spiro atoms. The van der Waals surface area contributed by atoms with Crippen LogP contribution < -0.4 is 4.90 Å². The molecule has 1 nitrogen and oxygen atoms in total. The highest BCUT2D eigenvalue weighted by molar-refractivity contribution is 7.99. The largest absolute Gasteiger partial charge is 0.370 e. The first-order chi connectivity index (χ1) is 6.90. The third-order valence-corrected chi connectivity index (χ3v) is 3.69. The van der Waals surface area contributed by atoms with Crippen molar-refractivity contribution in [2.75, 3.05) is 29.5 Å². The fraction of sp³-hybridized carbons (Fsp3) is 0.455. The van der Waals surface area contributed by atoms with Crippen LogP contribution in [-0.4, -0.2) is 24.6 Å². The fourth-order valence-electron chi connectivity index (χ4n) is 1.66. The molecule has 1 aliphatic heterocycles. The first-order valence-corrected chi connectivity index (χ1v) is 6.56. The Bertz CT molecular complexity index is 297. The van der Waals surface area contributed by atoms with E-state index in [1.807, 2.05) is 11.8 Å².